The van der Waals surface area contributed by atoms with E-state index in [1.54, 1.807) is 6.92 Å². The van der Waals surface area contributed by atoms with Gasteiger partial charge in [0.1, 0.15) is 18.0 Å². The predicted molar refractivity (Wildman–Crippen MR) is 134 cm³/mol. The highest BCUT2D eigenvalue weighted by atomic mass is 19.4. The van der Waals surface area contributed by atoms with Gasteiger partial charge in [-0.25, -0.2) is 14.6 Å². The predicted octanol–water partition coefficient (Wildman–Crippen LogP) is 5.61. The Hall–Kier alpha value is -4.19. The number of rotatable bonds is 6. The van der Waals surface area contributed by atoms with Crippen LogP contribution in [0.5, 0.6) is 0 Å². The second-order valence-electron chi connectivity index (χ2n) is 9.65. The Morgan fingerprint density at radius 3 is 2.00 bits per heavy atom. The second-order valence-corrected chi connectivity index (χ2v) is 9.65. The van der Waals surface area contributed by atoms with Crippen LogP contribution in [0.1, 0.15) is 34.2 Å². The molecule has 0 aliphatic carbocycles. The molecule has 43 heavy (non-hydrogen) atoms. The zero-order valence-corrected chi connectivity index (χ0v) is 22.7. The standard InChI is InChI=1S/C25H23F9N8O/c1-11-19(14-5-7-15(8-6-14)22(35,24(29,30)31)25(32,33)34)40-41(4)21(11)38-16-9-17(37-10-36-16)42-13(3)18(12(2)39-42)20(43)23(26,27)28/h5-10,20,43H,35H2,1-4H3,(H,36,37,38). The summed E-state index contributed by atoms with van der Waals surface area (Å²) in [6.07, 6.45) is -18.2. The summed E-state index contributed by atoms with van der Waals surface area (Å²) in [7, 11) is 1.51. The molecule has 0 spiro atoms. The molecule has 0 aliphatic heterocycles. The molecule has 0 aliphatic rings. The van der Waals surface area contributed by atoms with E-state index in [1.165, 1.54) is 31.6 Å². The van der Waals surface area contributed by atoms with Crippen LogP contribution in [0.4, 0.5) is 51.1 Å². The molecule has 3 heterocycles. The van der Waals surface area contributed by atoms with Crippen molar-refractivity contribution in [1.82, 2.24) is 29.5 Å². The molecule has 1 unspecified atom stereocenters. The molecular weight excluding hydrogens is 599 g/mol. The first kappa shape index (κ1) is 31.7. The van der Waals surface area contributed by atoms with Gasteiger partial charge >= 0.3 is 18.5 Å². The highest BCUT2D eigenvalue weighted by Crippen LogP contribution is 2.48. The van der Waals surface area contributed by atoms with Gasteiger partial charge in [0.15, 0.2) is 11.9 Å². The molecule has 232 valence electrons. The Morgan fingerprint density at radius 1 is 0.884 bits per heavy atom. The fourth-order valence-electron chi connectivity index (χ4n) is 4.55. The molecule has 1 atom stereocenters. The maximum Gasteiger partial charge on any atom is 0.419 e. The van der Waals surface area contributed by atoms with Crippen LogP contribution < -0.4 is 11.1 Å². The second kappa shape index (κ2) is 10.5. The van der Waals surface area contributed by atoms with Crippen molar-refractivity contribution in [3.63, 3.8) is 0 Å². The fraction of sp³-hybridized carbons (Fsp3) is 0.360. The quantitative estimate of drug-likeness (QED) is 0.239. The third-order valence-corrected chi connectivity index (χ3v) is 6.84. The summed E-state index contributed by atoms with van der Waals surface area (Å²) in [6, 6.07) is 4.69. The Bertz CT molecular complexity index is 1620. The van der Waals surface area contributed by atoms with Crippen molar-refractivity contribution in [3.05, 3.63) is 64.7 Å². The third kappa shape index (κ3) is 5.51. The van der Waals surface area contributed by atoms with Crippen LogP contribution >= 0.6 is 0 Å². The van der Waals surface area contributed by atoms with E-state index in [2.05, 4.69) is 25.5 Å². The van der Waals surface area contributed by atoms with E-state index in [0.717, 1.165) is 23.1 Å². The van der Waals surface area contributed by atoms with Gasteiger partial charge in [-0.15, -0.1) is 0 Å². The lowest BCUT2D eigenvalue weighted by Crippen LogP contribution is -2.60. The van der Waals surface area contributed by atoms with Crippen LogP contribution in [0, 0.1) is 20.8 Å². The van der Waals surface area contributed by atoms with E-state index in [9.17, 15) is 44.6 Å². The van der Waals surface area contributed by atoms with Crippen LogP contribution in [-0.4, -0.2) is 53.2 Å². The van der Waals surface area contributed by atoms with Gasteiger partial charge in [-0.3, -0.25) is 4.68 Å². The molecular formula is C25H23F9N8O. The number of nitrogens with two attached hydrogens (primary N) is 1. The average molecular weight is 622 g/mol. The zero-order chi connectivity index (χ0) is 32.3. The summed E-state index contributed by atoms with van der Waals surface area (Å²) in [6.45, 7) is 4.23. The Labute approximate surface area is 237 Å². The van der Waals surface area contributed by atoms with E-state index in [1.807, 2.05) is 0 Å². The Morgan fingerprint density at radius 2 is 1.47 bits per heavy atom. The summed E-state index contributed by atoms with van der Waals surface area (Å²) < 4.78 is 122. The maximum absolute atomic E-state index is 13.4. The van der Waals surface area contributed by atoms with Gasteiger partial charge in [0.25, 0.3) is 0 Å². The number of benzene rings is 1. The first-order valence-electron chi connectivity index (χ1n) is 12.2. The van der Waals surface area contributed by atoms with Gasteiger partial charge in [-0.05, 0) is 26.3 Å². The van der Waals surface area contributed by atoms with Gasteiger partial charge in [0.05, 0.1) is 11.4 Å². The van der Waals surface area contributed by atoms with Crippen LogP contribution in [0.2, 0.25) is 0 Å². The number of hydrogen-bond acceptors (Lipinski definition) is 7. The number of alkyl halides is 9. The number of halogens is 9. The van der Waals surface area contributed by atoms with Gasteiger partial charge in [-0.1, -0.05) is 24.3 Å². The highest BCUT2D eigenvalue weighted by molar-refractivity contribution is 5.71. The summed E-state index contributed by atoms with van der Waals surface area (Å²) in [5, 5.41) is 21.1. The zero-order valence-electron chi connectivity index (χ0n) is 22.7. The molecule has 18 heteroatoms. The number of aliphatic hydroxyl groups is 1. The summed E-state index contributed by atoms with van der Waals surface area (Å²) in [5.41, 5.74) is -0.573. The molecule has 3 aromatic heterocycles. The lowest BCUT2D eigenvalue weighted by Gasteiger charge is -2.34. The van der Waals surface area contributed by atoms with E-state index >= 15 is 0 Å². The van der Waals surface area contributed by atoms with Crippen molar-refractivity contribution >= 4 is 11.6 Å². The van der Waals surface area contributed by atoms with E-state index in [-0.39, 0.29) is 34.3 Å². The van der Waals surface area contributed by atoms with Crippen LogP contribution in [0.25, 0.3) is 17.1 Å². The average Bonchev–Trinajstić information content (AvgIpc) is 3.35. The van der Waals surface area contributed by atoms with Crippen molar-refractivity contribution in [2.45, 2.75) is 50.9 Å². The van der Waals surface area contributed by atoms with Crippen LogP contribution in [0.3, 0.4) is 0 Å². The molecule has 0 fully saturated rings. The van der Waals surface area contributed by atoms with Crippen molar-refractivity contribution in [2.75, 3.05) is 5.32 Å². The molecule has 4 rings (SSSR count). The molecule has 9 nitrogen and oxygen atoms in total. The number of nitrogens with zero attached hydrogens (tertiary/aromatic N) is 6. The number of hydrogen-bond donors (Lipinski definition) is 3. The van der Waals surface area contributed by atoms with E-state index in [4.69, 9.17) is 5.73 Å². The fourth-order valence-corrected chi connectivity index (χ4v) is 4.55. The molecule has 1 aromatic carbocycles. The van der Waals surface area contributed by atoms with Crippen molar-refractivity contribution in [1.29, 1.82) is 0 Å². The van der Waals surface area contributed by atoms with Gasteiger partial charge in [0.2, 0.25) is 5.54 Å². The molecule has 4 N–H and O–H groups in total. The maximum atomic E-state index is 13.4. The first-order chi connectivity index (χ1) is 19.7. The van der Waals surface area contributed by atoms with Gasteiger partial charge in [0, 0.05) is 35.5 Å². The number of aliphatic hydroxyl groups excluding tert-OH is 1. The van der Waals surface area contributed by atoms with E-state index in [0.29, 0.717) is 23.5 Å². The van der Waals surface area contributed by atoms with Gasteiger partial charge < -0.3 is 16.2 Å². The van der Waals surface area contributed by atoms with E-state index < -0.39 is 41.3 Å². The van der Waals surface area contributed by atoms with Crippen LogP contribution in [0.15, 0.2) is 36.7 Å². The summed E-state index contributed by atoms with van der Waals surface area (Å²) in [4.78, 5) is 8.12. The molecule has 4 aromatic rings. The topological polar surface area (TPSA) is 120 Å². The lowest BCUT2D eigenvalue weighted by molar-refractivity contribution is -0.301. The number of nitrogens with one attached hydrogen (secondary N) is 1. The minimum atomic E-state index is -5.81. The van der Waals surface area contributed by atoms with Crippen molar-refractivity contribution in [2.24, 2.45) is 12.8 Å². The van der Waals surface area contributed by atoms with Crippen molar-refractivity contribution in [3.8, 4) is 17.1 Å². The molecule has 0 saturated heterocycles. The smallest absolute Gasteiger partial charge is 0.379 e. The molecule has 0 bridgehead atoms. The first-order valence-corrected chi connectivity index (χ1v) is 12.2. The number of aryl methyl sites for hydroxylation is 2. The number of aromatic nitrogens is 6. The summed E-state index contributed by atoms with van der Waals surface area (Å²) in [5.74, 6) is 0.532. The third-order valence-electron chi connectivity index (χ3n) is 6.84. The number of anilines is 2. The lowest BCUT2D eigenvalue weighted by atomic mass is 9.88. The summed E-state index contributed by atoms with van der Waals surface area (Å²) >= 11 is 0. The minimum absolute atomic E-state index is 0.00744. The minimum Gasteiger partial charge on any atom is -0.379 e. The van der Waals surface area contributed by atoms with Crippen LogP contribution in [-0.2, 0) is 12.6 Å². The molecule has 0 amide bonds. The molecule has 0 radical (unpaired) electrons. The Balaban J connectivity index is 1.66. The Kier molecular flexibility index (Phi) is 7.76. The largest absolute Gasteiger partial charge is 0.419 e. The van der Waals surface area contributed by atoms with Crippen molar-refractivity contribution < 1.29 is 44.6 Å². The molecule has 0 saturated carbocycles. The monoisotopic (exact) mass is 622 g/mol. The van der Waals surface area contributed by atoms with Gasteiger partial charge in [-0.2, -0.15) is 49.7 Å². The normalized spacial score (nSPS) is 13.8. The SMILES string of the molecule is Cc1nn(-c2cc(Nc3c(C)c(-c4ccc(C(N)(C(F)(F)F)C(F)(F)F)cc4)nn3C)ncn2)c(C)c1C(O)C(F)(F)F. The highest BCUT2D eigenvalue weighted by Gasteiger charge is 2.69.